The Labute approximate surface area is 327 Å². The maximum Gasteiger partial charge on any atom is 0.209 e. The highest BCUT2D eigenvalue weighted by molar-refractivity contribution is 6.26. The van der Waals surface area contributed by atoms with Gasteiger partial charge < -0.3 is 20.4 Å². The Bertz CT molecular complexity index is 1760. The minimum absolute atomic E-state index is 0.00932. The van der Waals surface area contributed by atoms with Crippen molar-refractivity contribution in [1.29, 1.82) is 0 Å². The smallest absolute Gasteiger partial charge is 0.209 e. The molecule has 0 spiro atoms. The van der Waals surface area contributed by atoms with Gasteiger partial charge in [-0.1, -0.05) is 105 Å². The lowest BCUT2D eigenvalue weighted by Gasteiger charge is -2.65. The molecule has 4 N–H and O–H groups in total. The highest BCUT2D eigenvalue weighted by atomic mass is 16.4. The van der Waals surface area contributed by atoms with Crippen molar-refractivity contribution in [3.05, 3.63) is 52.0 Å². The third-order valence-electron chi connectivity index (χ3n) is 14.6. The van der Waals surface area contributed by atoms with E-state index in [1.165, 1.54) is 6.07 Å². The molecular formula is C46H64O9. The van der Waals surface area contributed by atoms with Crippen LogP contribution in [0.2, 0.25) is 0 Å². The van der Waals surface area contributed by atoms with Crippen LogP contribution < -0.4 is 0 Å². The number of Topliss-reactive ketones (excluding diaryl/α,β-unsaturated/α-hetero) is 5. The van der Waals surface area contributed by atoms with E-state index in [4.69, 9.17) is 0 Å². The fourth-order valence-corrected chi connectivity index (χ4v) is 11.4. The van der Waals surface area contributed by atoms with Crippen molar-refractivity contribution in [3.63, 3.8) is 0 Å². The first-order chi connectivity index (χ1) is 25.9. The van der Waals surface area contributed by atoms with Crippen molar-refractivity contribution in [2.24, 2.45) is 40.4 Å². The van der Waals surface area contributed by atoms with Crippen molar-refractivity contribution in [3.8, 4) is 5.75 Å². The lowest BCUT2D eigenvalue weighted by Crippen LogP contribution is -2.72. The summed E-state index contributed by atoms with van der Waals surface area (Å²) in [5.41, 5.74) is -5.99. The van der Waals surface area contributed by atoms with E-state index in [1.807, 2.05) is 33.8 Å². The van der Waals surface area contributed by atoms with Gasteiger partial charge in [0.15, 0.2) is 17.2 Å². The van der Waals surface area contributed by atoms with Crippen molar-refractivity contribution in [1.82, 2.24) is 0 Å². The number of carbonyl (C=O) groups excluding carboxylic acids is 5. The first-order valence-electron chi connectivity index (χ1n) is 21.0. The van der Waals surface area contributed by atoms with Crippen LogP contribution in [0.5, 0.6) is 5.75 Å². The monoisotopic (exact) mass is 760 g/mol. The molecule has 1 fully saturated rings. The maximum absolute atomic E-state index is 14.9. The fourth-order valence-electron chi connectivity index (χ4n) is 11.4. The molecule has 0 bridgehead atoms. The lowest BCUT2D eigenvalue weighted by atomic mass is 9.37. The molecule has 0 heterocycles. The average Bonchev–Trinajstić information content (AvgIpc) is 3.65. The molecule has 0 aliphatic heterocycles. The maximum atomic E-state index is 14.9. The quantitative estimate of drug-likeness (QED) is 0.0894. The summed E-state index contributed by atoms with van der Waals surface area (Å²) in [5, 5.41) is 49.1. The summed E-state index contributed by atoms with van der Waals surface area (Å²) in [6.45, 7) is 12.4. The van der Waals surface area contributed by atoms with Gasteiger partial charge in [-0.25, -0.2) is 0 Å². The molecule has 9 heteroatoms. The van der Waals surface area contributed by atoms with Gasteiger partial charge in [0.2, 0.25) is 5.78 Å². The van der Waals surface area contributed by atoms with Crippen LogP contribution in [0.1, 0.15) is 167 Å². The number of aliphatic hydroxyl groups is 3. The largest absolute Gasteiger partial charge is 0.511 e. The normalized spacial score (nSPS) is 30.0. The summed E-state index contributed by atoms with van der Waals surface area (Å²) in [6, 6.07) is 4.92. The lowest BCUT2D eigenvalue weighted by molar-refractivity contribution is -0.194. The molecule has 1 aromatic carbocycles. The van der Waals surface area contributed by atoms with E-state index in [1.54, 1.807) is 26.8 Å². The number of fused-ring (bicyclic) bond motifs is 3. The summed E-state index contributed by atoms with van der Waals surface area (Å²) < 4.78 is 0. The molecule has 0 saturated heterocycles. The van der Waals surface area contributed by atoms with E-state index in [9.17, 15) is 44.4 Å². The van der Waals surface area contributed by atoms with Gasteiger partial charge >= 0.3 is 0 Å². The topological polar surface area (TPSA) is 166 Å². The first kappa shape index (κ1) is 42.6. The van der Waals surface area contributed by atoms with Crippen molar-refractivity contribution in [2.45, 2.75) is 156 Å². The standard InChI is InChI=1S/C46H64O9/c1-8-30(48)25-35-44(6)32(24-23-29-18-14-15-19-29)31-20-16-22-33(49)36(31)40(51)39(44)43(54)46(55)42(53)37(41(52)38(26(2)3)45(35,46)7)34(50)21-13-11-9-10-12-17-27(4)28(5)47/h16,20,22,26-27,29,32,35,38,49,52,54-55H,8-15,17-19,21,23-25H2,1-7H3/t27?,32-,35-,38?,44-,45-,46+/m1/s1. The van der Waals surface area contributed by atoms with Gasteiger partial charge in [0.1, 0.15) is 34.4 Å². The zero-order chi connectivity index (χ0) is 40.6. The third-order valence-corrected chi connectivity index (χ3v) is 14.6. The summed E-state index contributed by atoms with van der Waals surface area (Å²) in [5.74, 6) is -6.52. The molecule has 302 valence electrons. The van der Waals surface area contributed by atoms with E-state index in [0.29, 0.717) is 30.7 Å². The van der Waals surface area contributed by atoms with Gasteiger partial charge in [0, 0.05) is 47.5 Å². The number of aromatic hydroxyl groups is 1. The Hall–Kier alpha value is -3.59. The molecule has 0 amide bonds. The molecule has 1 aromatic rings. The average molecular weight is 761 g/mol. The summed E-state index contributed by atoms with van der Waals surface area (Å²) in [7, 11) is 0. The van der Waals surface area contributed by atoms with Crippen LogP contribution in [0.25, 0.3) is 0 Å². The number of hydrogen-bond donors (Lipinski definition) is 4. The minimum Gasteiger partial charge on any atom is -0.511 e. The number of unbranched alkanes of at least 4 members (excludes halogenated alkanes) is 4. The summed E-state index contributed by atoms with van der Waals surface area (Å²) in [6.07, 6.45) is 10.3. The number of phenols is 1. The number of allylic oxidation sites excluding steroid dienone is 2. The van der Waals surface area contributed by atoms with Gasteiger partial charge in [0.25, 0.3) is 0 Å². The molecule has 7 atom stereocenters. The van der Waals surface area contributed by atoms with Crippen molar-refractivity contribution < 1.29 is 44.4 Å². The number of rotatable bonds is 17. The number of hydrogen-bond acceptors (Lipinski definition) is 9. The molecule has 9 nitrogen and oxygen atoms in total. The van der Waals surface area contributed by atoms with E-state index in [-0.39, 0.29) is 53.6 Å². The molecule has 5 rings (SSSR count). The van der Waals surface area contributed by atoms with Gasteiger partial charge in [-0.3, -0.25) is 24.0 Å². The second kappa shape index (κ2) is 16.5. The SMILES string of the molecule is CCC(=O)C[C@@H]1[C@]2(C)C(=C(O)[C@@]3(O)C(=O)C(C(=O)CCCCCCCC(C)C(C)=O)=C(O)C(C(C)C)[C@@]13C)C(=O)c1c(O)cccc1[C@H]2CCC1CCCC1. The Morgan fingerprint density at radius 3 is 2.16 bits per heavy atom. The predicted molar refractivity (Wildman–Crippen MR) is 211 cm³/mol. The Balaban J connectivity index is 1.63. The van der Waals surface area contributed by atoms with Crippen LogP contribution in [-0.4, -0.2) is 54.9 Å². The highest BCUT2D eigenvalue weighted by Crippen LogP contribution is 2.71. The van der Waals surface area contributed by atoms with E-state index >= 15 is 0 Å². The zero-order valence-corrected chi connectivity index (χ0v) is 34.1. The highest BCUT2D eigenvalue weighted by Gasteiger charge is 2.76. The minimum atomic E-state index is -2.83. The van der Waals surface area contributed by atoms with Gasteiger partial charge in [0.05, 0.1) is 5.56 Å². The van der Waals surface area contributed by atoms with Crippen LogP contribution in [0.15, 0.2) is 40.9 Å². The van der Waals surface area contributed by atoms with Crippen LogP contribution in [0.3, 0.4) is 0 Å². The fraction of sp³-hybridized carbons (Fsp3) is 0.674. The second-order valence-corrected chi connectivity index (χ2v) is 18.1. The molecule has 4 aliphatic rings. The Kier molecular flexibility index (Phi) is 12.8. The van der Waals surface area contributed by atoms with Gasteiger partial charge in [-0.05, 0) is 67.9 Å². The number of carbonyl (C=O) groups is 5. The van der Waals surface area contributed by atoms with E-state index in [0.717, 1.165) is 57.8 Å². The van der Waals surface area contributed by atoms with Gasteiger partial charge in [-0.2, -0.15) is 0 Å². The van der Waals surface area contributed by atoms with Crippen LogP contribution in [0.4, 0.5) is 0 Å². The van der Waals surface area contributed by atoms with Crippen LogP contribution in [-0.2, 0) is 19.2 Å². The summed E-state index contributed by atoms with van der Waals surface area (Å²) in [4.78, 5) is 69.1. The third kappa shape index (κ3) is 7.05. The number of phenolic OH excluding ortho intramolecular Hbond substituents is 1. The molecule has 0 radical (unpaired) electrons. The van der Waals surface area contributed by atoms with E-state index in [2.05, 4.69) is 0 Å². The Morgan fingerprint density at radius 2 is 1.55 bits per heavy atom. The Morgan fingerprint density at radius 1 is 0.909 bits per heavy atom. The van der Waals surface area contributed by atoms with Crippen molar-refractivity contribution in [2.75, 3.05) is 0 Å². The van der Waals surface area contributed by atoms with Gasteiger partial charge in [-0.15, -0.1) is 0 Å². The van der Waals surface area contributed by atoms with Crippen molar-refractivity contribution >= 4 is 28.9 Å². The first-order valence-corrected chi connectivity index (χ1v) is 21.0. The second-order valence-electron chi connectivity index (χ2n) is 18.1. The number of aliphatic hydroxyl groups excluding tert-OH is 2. The number of benzene rings is 1. The molecule has 2 unspecified atom stereocenters. The van der Waals surface area contributed by atoms with E-state index < -0.39 is 74.5 Å². The van der Waals surface area contributed by atoms with Crippen LogP contribution >= 0.6 is 0 Å². The summed E-state index contributed by atoms with van der Waals surface area (Å²) >= 11 is 0. The number of ketones is 5. The molecular weight excluding hydrogens is 696 g/mol. The molecule has 0 aromatic heterocycles. The molecule has 1 saturated carbocycles. The predicted octanol–water partition coefficient (Wildman–Crippen LogP) is 9.39. The molecule has 4 aliphatic carbocycles. The molecule has 55 heavy (non-hydrogen) atoms. The van der Waals surface area contributed by atoms with Crippen LogP contribution in [0, 0.1) is 40.4 Å². The zero-order valence-electron chi connectivity index (χ0n) is 34.1.